The molecule has 3 nitrogen and oxygen atoms in total. The highest BCUT2D eigenvalue weighted by Crippen LogP contribution is 2.34. The summed E-state index contributed by atoms with van der Waals surface area (Å²) in [5, 5.41) is 13.5. The molecule has 0 bridgehead atoms. The number of hydrogen-bond acceptors (Lipinski definition) is 3. The Labute approximate surface area is 135 Å². The van der Waals surface area contributed by atoms with Crippen LogP contribution in [0.2, 0.25) is 0 Å². The predicted octanol–water partition coefficient (Wildman–Crippen LogP) is 3.94. The molecule has 1 aliphatic rings. The molecule has 1 saturated heterocycles. The van der Waals surface area contributed by atoms with Crippen LogP contribution in [-0.4, -0.2) is 29.1 Å². The van der Waals surface area contributed by atoms with Crippen molar-refractivity contribution in [3.05, 3.63) is 57.8 Å². The molecule has 1 N–H and O–H groups in total. The molecule has 4 heteroatoms. The van der Waals surface area contributed by atoms with Gasteiger partial charge in [-0.25, -0.2) is 0 Å². The Hall–Kier alpha value is -1.65. The largest absolute Gasteiger partial charge is 0.481 e. The molecule has 0 aliphatic carbocycles. The molecule has 0 spiro atoms. The van der Waals surface area contributed by atoms with Crippen LogP contribution < -0.4 is 0 Å². The summed E-state index contributed by atoms with van der Waals surface area (Å²) in [6.07, 6.45) is 1.48. The van der Waals surface area contributed by atoms with E-state index < -0.39 is 5.97 Å². The van der Waals surface area contributed by atoms with Crippen LogP contribution in [0.5, 0.6) is 0 Å². The molecular formula is C18H21NO2S. The second kappa shape index (κ2) is 6.63. The third-order valence-corrected chi connectivity index (χ3v) is 5.29. The molecular weight excluding hydrogens is 294 g/mol. The van der Waals surface area contributed by atoms with Crippen molar-refractivity contribution in [1.29, 1.82) is 0 Å². The lowest BCUT2D eigenvalue weighted by Gasteiger charge is -2.37. The third-order valence-electron chi connectivity index (χ3n) is 4.59. The van der Waals surface area contributed by atoms with E-state index in [-0.39, 0.29) is 12.0 Å². The van der Waals surface area contributed by atoms with Gasteiger partial charge in [0.25, 0.3) is 0 Å². The van der Waals surface area contributed by atoms with Gasteiger partial charge in [0.05, 0.1) is 12.0 Å². The number of aliphatic carboxylic acids is 1. The maximum Gasteiger partial charge on any atom is 0.306 e. The highest BCUT2D eigenvalue weighted by atomic mass is 32.1. The predicted molar refractivity (Wildman–Crippen MR) is 89.3 cm³/mol. The maximum absolute atomic E-state index is 11.2. The maximum atomic E-state index is 11.2. The zero-order valence-electron chi connectivity index (χ0n) is 12.7. The van der Waals surface area contributed by atoms with E-state index in [2.05, 4.69) is 52.9 Å². The summed E-state index contributed by atoms with van der Waals surface area (Å²) in [7, 11) is 0. The second-order valence-electron chi connectivity index (χ2n) is 5.96. The number of nitrogens with zero attached hydrogens (tertiary/aromatic N) is 1. The van der Waals surface area contributed by atoms with Crippen molar-refractivity contribution in [1.82, 2.24) is 4.90 Å². The first-order valence-corrected chi connectivity index (χ1v) is 8.65. The number of piperidine rings is 1. The smallest absolute Gasteiger partial charge is 0.306 e. The number of carboxylic acids is 1. The Kier molecular flexibility index (Phi) is 4.60. The summed E-state index contributed by atoms with van der Waals surface area (Å²) in [6.45, 7) is 3.83. The lowest BCUT2D eigenvalue weighted by atomic mass is 9.90. The zero-order valence-corrected chi connectivity index (χ0v) is 13.6. The molecule has 22 heavy (non-hydrogen) atoms. The third kappa shape index (κ3) is 3.08. The van der Waals surface area contributed by atoms with Crippen LogP contribution in [0, 0.1) is 12.8 Å². The molecule has 2 aromatic rings. The molecule has 1 unspecified atom stereocenters. The van der Waals surface area contributed by atoms with E-state index in [4.69, 9.17) is 0 Å². The van der Waals surface area contributed by atoms with Gasteiger partial charge in [0.2, 0.25) is 0 Å². The standard InChI is InChI=1S/C18H21NO2S/c1-13-4-2-3-5-16(13)17(15-8-11-22-12-15)19-9-6-14(7-10-19)18(20)21/h2-5,8,11-12,14,17H,6-7,9-10H2,1H3,(H,20,21). The van der Waals surface area contributed by atoms with Crippen molar-refractivity contribution in [3.8, 4) is 0 Å². The number of rotatable bonds is 4. The summed E-state index contributed by atoms with van der Waals surface area (Å²) in [4.78, 5) is 13.6. The van der Waals surface area contributed by atoms with E-state index in [0.29, 0.717) is 0 Å². The number of thiophene rings is 1. The van der Waals surface area contributed by atoms with Crippen molar-refractivity contribution in [2.45, 2.75) is 25.8 Å². The molecule has 2 heterocycles. The summed E-state index contributed by atoms with van der Waals surface area (Å²) in [5.74, 6) is -0.834. The first-order chi connectivity index (χ1) is 10.7. The van der Waals surface area contributed by atoms with Crippen LogP contribution in [0.1, 0.15) is 35.6 Å². The summed E-state index contributed by atoms with van der Waals surface area (Å²) < 4.78 is 0. The molecule has 1 aromatic carbocycles. The molecule has 1 atom stereocenters. The fourth-order valence-corrected chi connectivity index (χ4v) is 3.99. The van der Waals surface area contributed by atoms with Gasteiger partial charge >= 0.3 is 5.97 Å². The fraction of sp³-hybridized carbons (Fsp3) is 0.389. The molecule has 1 aliphatic heterocycles. The van der Waals surface area contributed by atoms with Gasteiger partial charge in [-0.2, -0.15) is 11.3 Å². The summed E-state index contributed by atoms with van der Waals surface area (Å²) in [5.41, 5.74) is 3.93. The van der Waals surface area contributed by atoms with E-state index in [9.17, 15) is 9.90 Å². The molecule has 0 radical (unpaired) electrons. The number of aryl methyl sites for hydroxylation is 1. The van der Waals surface area contributed by atoms with E-state index in [1.165, 1.54) is 16.7 Å². The quantitative estimate of drug-likeness (QED) is 0.929. The average molecular weight is 315 g/mol. The Balaban J connectivity index is 1.88. The number of carbonyl (C=O) groups is 1. The minimum atomic E-state index is -0.650. The van der Waals surface area contributed by atoms with Crippen LogP contribution in [-0.2, 0) is 4.79 Å². The van der Waals surface area contributed by atoms with Crippen molar-refractivity contribution >= 4 is 17.3 Å². The van der Waals surface area contributed by atoms with Crippen molar-refractivity contribution in [3.63, 3.8) is 0 Å². The van der Waals surface area contributed by atoms with E-state index in [0.717, 1.165) is 25.9 Å². The number of benzene rings is 1. The Morgan fingerprint density at radius 1 is 1.27 bits per heavy atom. The first kappa shape index (κ1) is 15.3. The molecule has 0 amide bonds. The average Bonchev–Trinajstić information content (AvgIpc) is 3.04. The molecule has 116 valence electrons. The van der Waals surface area contributed by atoms with E-state index in [1.807, 2.05) is 0 Å². The van der Waals surface area contributed by atoms with Gasteiger partial charge in [-0.3, -0.25) is 9.69 Å². The topological polar surface area (TPSA) is 40.5 Å². The Morgan fingerprint density at radius 2 is 2.00 bits per heavy atom. The highest BCUT2D eigenvalue weighted by molar-refractivity contribution is 7.08. The van der Waals surface area contributed by atoms with Gasteiger partial charge in [-0.15, -0.1) is 0 Å². The van der Waals surface area contributed by atoms with Crippen LogP contribution in [0.25, 0.3) is 0 Å². The molecule has 1 aromatic heterocycles. The second-order valence-corrected chi connectivity index (χ2v) is 6.74. The van der Waals surface area contributed by atoms with Gasteiger partial charge in [0.15, 0.2) is 0 Å². The summed E-state index contributed by atoms with van der Waals surface area (Å²) in [6, 6.07) is 10.9. The zero-order chi connectivity index (χ0) is 15.5. The van der Waals surface area contributed by atoms with Crippen LogP contribution >= 0.6 is 11.3 Å². The monoisotopic (exact) mass is 315 g/mol. The van der Waals surface area contributed by atoms with Crippen molar-refractivity contribution < 1.29 is 9.90 Å². The van der Waals surface area contributed by atoms with Gasteiger partial charge in [0.1, 0.15) is 0 Å². The van der Waals surface area contributed by atoms with Gasteiger partial charge in [0, 0.05) is 0 Å². The molecule has 1 fully saturated rings. The van der Waals surface area contributed by atoms with Crippen molar-refractivity contribution in [2.24, 2.45) is 5.92 Å². The van der Waals surface area contributed by atoms with E-state index >= 15 is 0 Å². The van der Waals surface area contributed by atoms with Crippen molar-refractivity contribution in [2.75, 3.05) is 13.1 Å². The number of likely N-dealkylation sites (tertiary alicyclic amines) is 1. The molecule has 3 rings (SSSR count). The van der Waals surface area contributed by atoms with Crippen LogP contribution in [0.4, 0.5) is 0 Å². The SMILES string of the molecule is Cc1ccccc1C(c1ccsc1)N1CCC(C(=O)O)CC1. The normalized spacial score (nSPS) is 18.2. The molecule has 0 saturated carbocycles. The minimum absolute atomic E-state index is 0.184. The van der Waals surface area contributed by atoms with Gasteiger partial charge in [-0.1, -0.05) is 24.3 Å². The number of hydrogen-bond donors (Lipinski definition) is 1. The van der Waals surface area contributed by atoms with Gasteiger partial charge in [-0.05, 0) is 66.4 Å². The number of carboxylic acid groups (broad SMARTS) is 1. The Bertz CT molecular complexity index is 630. The van der Waals surface area contributed by atoms with Crippen LogP contribution in [0.15, 0.2) is 41.1 Å². The lowest BCUT2D eigenvalue weighted by Crippen LogP contribution is -2.39. The first-order valence-electron chi connectivity index (χ1n) is 7.71. The fourth-order valence-electron chi connectivity index (χ4n) is 3.32. The summed E-state index contributed by atoms with van der Waals surface area (Å²) >= 11 is 1.72. The Morgan fingerprint density at radius 3 is 2.59 bits per heavy atom. The van der Waals surface area contributed by atoms with Gasteiger partial charge < -0.3 is 5.11 Å². The highest BCUT2D eigenvalue weighted by Gasteiger charge is 2.30. The van der Waals surface area contributed by atoms with Crippen LogP contribution in [0.3, 0.4) is 0 Å². The minimum Gasteiger partial charge on any atom is -0.481 e. The van der Waals surface area contributed by atoms with E-state index in [1.54, 1.807) is 11.3 Å². The lowest BCUT2D eigenvalue weighted by molar-refractivity contribution is -0.143.